The second kappa shape index (κ2) is 3.81. The largest absolute Gasteiger partial charge is 0.381 e. The maximum atomic E-state index is 5.46. The average molecular weight is 180 g/mol. The van der Waals surface area contributed by atoms with Gasteiger partial charge in [-0.1, -0.05) is 30.8 Å². The zero-order chi connectivity index (χ0) is 9.10. The van der Waals surface area contributed by atoms with Crippen LogP contribution in [0, 0.1) is 5.92 Å². The Balaban J connectivity index is 1.78. The summed E-state index contributed by atoms with van der Waals surface area (Å²) in [4.78, 5) is 0. The number of rotatable bonds is 3. The number of hydrogen-bond acceptors (Lipinski definition) is 3. The molecule has 0 saturated heterocycles. The Morgan fingerprint density at radius 3 is 2.85 bits per heavy atom. The second-order valence-electron chi connectivity index (χ2n) is 3.91. The summed E-state index contributed by atoms with van der Waals surface area (Å²) in [6, 6.07) is 1.83. The molecule has 3 heteroatoms. The summed E-state index contributed by atoms with van der Waals surface area (Å²) < 4.78 is 5.05. The average Bonchev–Trinajstić information content (AvgIpc) is 2.71. The Morgan fingerprint density at radius 2 is 2.23 bits per heavy atom. The molecule has 0 amide bonds. The van der Waals surface area contributed by atoms with Gasteiger partial charge in [-0.05, 0) is 12.3 Å². The number of hydrogen-bond donors (Lipinski definition) is 1. The van der Waals surface area contributed by atoms with Gasteiger partial charge in [0.1, 0.15) is 5.76 Å². The molecule has 0 radical (unpaired) electrons. The van der Waals surface area contributed by atoms with Crippen molar-refractivity contribution in [2.45, 2.75) is 38.5 Å². The predicted octanol–water partition coefficient (Wildman–Crippen LogP) is 2.38. The molecule has 1 aromatic heterocycles. The second-order valence-corrected chi connectivity index (χ2v) is 3.91. The predicted molar refractivity (Wildman–Crippen MR) is 51.2 cm³/mol. The summed E-state index contributed by atoms with van der Waals surface area (Å²) in [6.45, 7) is 0. The van der Waals surface area contributed by atoms with E-state index >= 15 is 0 Å². The maximum absolute atomic E-state index is 5.46. The van der Waals surface area contributed by atoms with E-state index in [1.165, 1.54) is 32.1 Å². The summed E-state index contributed by atoms with van der Waals surface area (Å²) in [5, 5.41) is 3.66. The lowest BCUT2D eigenvalue weighted by Gasteiger charge is -2.05. The van der Waals surface area contributed by atoms with Crippen LogP contribution in [0.15, 0.2) is 10.6 Å². The van der Waals surface area contributed by atoms with E-state index in [1.54, 1.807) is 0 Å². The highest BCUT2D eigenvalue weighted by atomic mass is 16.5. The minimum Gasteiger partial charge on any atom is -0.381 e. The highest BCUT2D eigenvalue weighted by molar-refractivity contribution is 5.26. The lowest BCUT2D eigenvalue weighted by atomic mass is 10.0. The monoisotopic (exact) mass is 180 g/mol. The van der Waals surface area contributed by atoms with E-state index in [1.807, 2.05) is 6.07 Å². The van der Waals surface area contributed by atoms with Crippen molar-refractivity contribution in [2.24, 2.45) is 5.92 Å². The van der Waals surface area contributed by atoms with Crippen LogP contribution in [0.4, 0.5) is 5.82 Å². The van der Waals surface area contributed by atoms with Gasteiger partial charge in [0.2, 0.25) is 0 Å². The van der Waals surface area contributed by atoms with E-state index in [9.17, 15) is 0 Å². The summed E-state index contributed by atoms with van der Waals surface area (Å²) in [5.41, 5.74) is 5.46. The van der Waals surface area contributed by atoms with Crippen LogP contribution in [0.2, 0.25) is 0 Å². The molecule has 0 atom stereocenters. The molecule has 72 valence electrons. The zero-order valence-corrected chi connectivity index (χ0v) is 7.83. The van der Waals surface area contributed by atoms with Gasteiger partial charge in [0.05, 0.1) is 0 Å². The lowest BCUT2D eigenvalue weighted by molar-refractivity contribution is 0.369. The van der Waals surface area contributed by atoms with Crippen molar-refractivity contribution in [2.75, 3.05) is 5.73 Å². The Morgan fingerprint density at radius 1 is 1.46 bits per heavy atom. The topological polar surface area (TPSA) is 52.0 Å². The minimum atomic E-state index is 0.501. The van der Waals surface area contributed by atoms with Gasteiger partial charge in [-0.2, -0.15) is 0 Å². The van der Waals surface area contributed by atoms with Crippen LogP contribution >= 0.6 is 0 Å². The molecule has 1 saturated carbocycles. The molecular formula is C10H16N2O. The van der Waals surface area contributed by atoms with Gasteiger partial charge in [0.15, 0.2) is 5.82 Å². The van der Waals surface area contributed by atoms with Crippen LogP contribution in [0.5, 0.6) is 0 Å². The molecule has 1 aliphatic rings. The molecule has 13 heavy (non-hydrogen) atoms. The molecule has 1 aliphatic carbocycles. The molecule has 1 aromatic rings. The Kier molecular flexibility index (Phi) is 2.52. The normalized spacial score (nSPS) is 18.2. The van der Waals surface area contributed by atoms with Crippen molar-refractivity contribution in [1.29, 1.82) is 0 Å². The Labute approximate surface area is 78.3 Å². The van der Waals surface area contributed by atoms with Gasteiger partial charge < -0.3 is 10.3 Å². The fraction of sp³-hybridized carbons (Fsp3) is 0.700. The van der Waals surface area contributed by atoms with E-state index in [4.69, 9.17) is 10.3 Å². The SMILES string of the molecule is Nc1cc(CCC2CCCC2)on1. The number of aryl methyl sites for hydroxylation is 1. The highest BCUT2D eigenvalue weighted by Gasteiger charge is 2.15. The van der Waals surface area contributed by atoms with Crippen molar-refractivity contribution in [1.82, 2.24) is 5.16 Å². The fourth-order valence-electron chi connectivity index (χ4n) is 2.09. The zero-order valence-electron chi connectivity index (χ0n) is 7.83. The molecule has 1 fully saturated rings. The molecule has 0 spiro atoms. The van der Waals surface area contributed by atoms with Gasteiger partial charge in [-0.25, -0.2) is 0 Å². The molecule has 3 nitrogen and oxygen atoms in total. The van der Waals surface area contributed by atoms with Crippen molar-refractivity contribution in [3.63, 3.8) is 0 Å². The standard InChI is InChI=1S/C10H16N2O/c11-10-7-9(13-12-10)6-5-8-3-1-2-4-8/h7-8H,1-6H2,(H2,11,12). The van der Waals surface area contributed by atoms with Gasteiger partial charge >= 0.3 is 0 Å². The molecule has 1 heterocycles. The van der Waals surface area contributed by atoms with Crippen LogP contribution in [-0.2, 0) is 6.42 Å². The molecule has 2 rings (SSSR count). The first-order valence-electron chi connectivity index (χ1n) is 5.05. The van der Waals surface area contributed by atoms with E-state index in [0.717, 1.165) is 18.1 Å². The number of nitrogens with two attached hydrogens (primary N) is 1. The first-order valence-corrected chi connectivity index (χ1v) is 5.05. The number of nitrogens with zero attached hydrogens (tertiary/aromatic N) is 1. The Bertz CT molecular complexity index is 264. The number of anilines is 1. The molecular weight excluding hydrogens is 164 g/mol. The van der Waals surface area contributed by atoms with E-state index in [2.05, 4.69) is 5.16 Å². The minimum absolute atomic E-state index is 0.501. The van der Waals surface area contributed by atoms with Crippen LogP contribution in [-0.4, -0.2) is 5.16 Å². The first kappa shape index (κ1) is 8.60. The van der Waals surface area contributed by atoms with Crippen molar-refractivity contribution >= 4 is 5.82 Å². The summed E-state index contributed by atoms with van der Waals surface area (Å²) >= 11 is 0. The maximum Gasteiger partial charge on any atom is 0.167 e. The van der Waals surface area contributed by atoms with Gasteiger partial charge in [-0.15, -0.1) is 0 Å². The van der Waals surface area contributed by atoms with Crippen LogP contribution in [0.3, 0.4) is 0 Å². The van der Waals surface area contributed by atoms with Crippen LogP contribution in [0.25, 0.3) is 0 Å². The Hall–Kier alpha value is -0.990. The van der Waals surface area contributed by atoms with Crippen molar-refractivity contribution < 1.29 is 4.52 Å². The first-order chi connectivity index (χ1) is 6.34. The third-order valence-corrected chi connectivity index (χ3v) is 2.85. The molecule has 0 bridgehead atoms. The quantitative estimate of drug-likeness (QED) is 0.777. The summed E-state index contributed by atoms with van der Waals surface area (Å²) in [5.74, 6) is 2.34. The van der Waals surface area contributed by atoms with Gasteiger partial charge in [0.25, 0.3) is 0 Å². The molecule has 0 aliphatic heterocycles. The fourth-order valence-corrected chi connectivity index (χ4v) is 2.09. The number of nitrogen functional groups attached to an aromatic ring is 1. The lowest BCUT2D eigenvalue weighted by Crippen LogP contribution is -1.95. The van der Waals surface area contributed by atoms with E-state index in [-0.39, 0.29) is 0 Å². The van der Waals surface area contributed by atoms with E-state index in [0.29, 0.717) is 5.82 Å². The van der Waals surface area contributed by atoms with Crippen molar-refractivity contribution in [3.8, 4) is 0 Å². The highest BCUT2D eigenvalue weighted by Crippen LogP contribution is 2.28. The molecule has 0 unspecified atom stereocenters. The number of aromatic nitrogens is 1. The summed E-state index contributed by atoms with van der Waals surface area (Å²) in [7, 11) is 0. The summed E-state index contributed by atoms with van der Waals surface area (Å²) in [6.07, 6.45) is 7.82. The third-order valence-electron chi connectivity index (χ3n) is 2.85. The third kappa shape index (κ3) is 2.23. The molecule has 0 aromatic carbocycles. The molecule has 2 N–H and O–H groups in total. The van der Waals surface area contributed by atoms with Crippen LogP contribution in [0.1, 0.15) is 37.9 Å². The van der Waals surface area contributed by atoms with Gasteiger partial charge in [-0.3, -0.25) is 0 Å². The smallest absolute Gasteiger partial charge is 0.167 e. The van der Waals surface area contributed by atoms with E-state index < -0.39 is 0 Å². The van der Waals surface area contributed by atoms with Crippen molar-refractivity contribution in [3.05, 3.63) is 11.8 Å². The van der Waals surface area contributed by atoms with Gasteiger partial charge in [0, 0.05) is 12.5 Å². The van der Waals surface area contributed by atoms with Crippen LogP contribution < -0.4 is 5.73 Å².